The highest BCUT2D eigenvalue weighted by Gasteiger charge is 2.46. The lowest BCUT2D eigenvalue weighted by atomic mass is 9.85. The van der Waals surface area contributed by atoms with Crippen molar-refractivity contribution in [3.05, 3.63) is 35.9 Å². The Kier molecular flexibility index (Phi) is 10.9. The molecule has 3 rings (SSSR count). The van der Waals surface area contributed by atoms with Crippen LogP contribution in [0.5, 0.6) is 0 Å². The van der Waals surface area contributed by atoms with E-state index in [9.17, 15) is 24.4 Å². The first-order valence-electron chi connectivity index (χ1n) is 13.9. The number of carbonyl (C=O) groups excluding carboxylic acids is 4. The third-order valence-corrected chi connectivity index (χ3v) is 7.15. The van der Waals surface area contributed by atoms with Crippen LogP contribution in [0.1, 0.15) is 58.9 Å². The molecule has 2 aliphatic rings. The maximum absolute atomic E-state index is 13.9. The lowest BCUT2D eigenvalue weighted by molar-refractivity contribution is -0.142. The molecule has 4 amide bonds. The van der Waals surface area contributed by atoms with Crippen LogP contribution in [0.2, 0.25) is 0 Å². The zero-order valence-corrected chi connectivity index (χ0v) is 23.8. The summed E-state index contributed by atoms with van der Waals surface area (Å²) in [7, 11) is 0. The summed E-state index contributed by atoms with van der Waals surface area (Å²) in [4.78, 5) is 53.5. The predicted octanol–water partition coefficient (Wildman–Crippen LogP) is 2.26. The Hall–Kier alpha value is -3.65. The molecule has 2 fully saturated rings. The van der Waals surface area contributed by atoms with Crippen molar-refractivity contribution >= 4 is 23.8 Å². The summed E-state index contributed by atoms with van der Waals surface area (Å²) < 4.78 is 11.3. The molecule has 218 valence electrons. The number of carbonyl (C=O) groups is 4. The van der Waals surface area contributed by atoms with E-state index in [2.05, 4.69) is 22.0 Å². The lowest BCUT2D eigenvalue weighted by Crippen LogP contribution is -2.58. The van der Waals surface area contributed by atoms with Crippen LogP contribution in [0, 0.1) is 22.7 Å². The highest BCUT2D eigenvalue weighted by atomic mass is 16.5. The van der Waals surface area contributed by atoms with E-state index in [0.29, 0.717) is 19.6 Å². The van der Waals surface area contributed by atoms with Gasteiger partial charge in [-0.15, -0.1) is 0 Å². The standard InChI is InChI=1S/C29H41N5O6/c1-5-13-39-22-15-23(26(36)32-21(16-30)14-20-11-12-31-25(20)35)34(17-22)27(37)24(29(2,3)4)33-28(38)40-18-19-9-7-6-8-10-19/h6-10,20-24H,5,11-15,17-18H2,1-4H3,(H,31,35)(H,32,36)(H,33,38)/t20-,21?,22+,23-,24+/m0/s1. The Balaban J connectivity index is 1.73. The minimum absolute atomic E-state index is 0.0496. The molecular formula is C29H41N5O6. The molecule has 1 aromatic carbocycles. The predicted molar refractivity (Wildman–Crippen MR) is 146 cm³/mol. The molecule has 2 saturated heterocycles. The average Bonchev–Trinajstić information content (AvgIpc) is 3.54. The fraction of sp³-hybridized carbons (Fsp3) is 0.621. The fourth-order valence-electron chi connectivity index (χ4n) is 4.96. The molecule has 0 aromatic heterocycles. The zero-order chi connectivity index (χ0) is 29.3. The van der Waals surface area contributed by atoms with Crippen LogP contribution in [0.25, 0.3) is 0 Å². The molecule has 5 atom stereocenters. The van der Waals surface area contributed by atoms with Gasteiger partial charge in [-0.05, 0) is 30.2 Å². The van der Waals surface area contributed by atoms with E-state index in [4.69, 9.17) is 9.47 Å². The molecule has 1 unspecified atom stereocenters. The second-order valence-corrected chi connectivity index (χ2v) is 11.4. The van der Waals surface area contributed by atoms with E-state index in [-0.39, 0.29) is 43.9 Å². The summed E-state index contributed by atoms with van der Waals surface area (Å²) in [5.41, 5.74) is 0.114. The SMILES string of the molecule is CCCO[C@@H]1C[C@@H](C(=O)NC(C#N)C[C@@H]2CCNC2=O)N(C(=O)[C@@H](NC(=O)OCc2ccccc2)C(C)(C)C)C1. The molecule has 3 N–H and O–H groups in total. The Morgan fingerprint density at radius 2 is 1.93 bits per heavy atom. The number of likely N-dealkylation sites (tertiary alicyclic amines) is 1. The van der Waals surface area contributed by atoms with Crippen molar-refractivity contribution < 1.29 is 28.7 Å². The molecule has 2 heterocycles. The Labute approximate surface area is 235 Å². The van der Waals surface area contributed by atoms with Gasteiger partial charge in [0.05, 0.1) is 12.2 Å². The van der Waals surface area contributed by atoms with E-state index in [1.165, 1.54) is 4.90 Å². The average molecular weight is 556 g/mol. The number of rotatable bonds is 11. The molecule has 11 heteroatoms. The van der Waals surface area contributed by atoms with Gasteiger partial charge < -0.3 is 30.3 Å². The molecule has 0 radical (unpaired) electrons. The number of hydrogen-bond acceptors (Lipinski definition) is 7. The van der Waals surface area contributed by atoms with E-state index in [1.807, 2.05) is 58.0 Å². The summed E-state index contributed by atoms with van der Waals surface area (Å²) in [6, 6.07) is 8.53. The number of nitrogens with zero attached hydrogens (tertiary/aromatic N) is 2. The minimum atomic E-state index is -0.982. The van der Waals surface area contributed by atoms with Gasteiger partial charge in [-0.2, -0.15) is 5.26 Å². The molecule has 2 aliphatic heterocycles. The zero-order valence-electron chi connectivity index (χ0n) is 23.8. The van der Waals surface area contributed by atoms with Crippen molar-refractivity contribution in [2.75, 3.05) is 19.7 Å². The maximum atomic E-state index is 13.9. The molecule has 40 heavy (non-hydrogen) atoms. The quantitative estimate of drug-likeness (QED) is 0.379. The minimum Gasteiger partial charge on any atom is -0.445 e. The van der Waals surface area contributed by atoms with Gasteiger partial charge >= 0.3 is 6.09 Å². The first-order chi connectivity index (χ1) is 19.0. The van der Waals surface area contributed by atoms with Gasteiger partial charge in [-0.1, -0.05) is 58.0 Å². The molecule has 1 aromatic rings. The molecule has 0 bridgehead atoms. The number of alkyl carbamates (subject to hydrolysis) is 1. The molecule has 11 nitrogen and oxygen atoms in total. The third-order valence-electron chi connectivity index (χ3n) is 7.15. The Morgan fingerprint density at radius 1 is 1.20 bits per heavy atom. The maximum Gasteiger partial charge on any atom is 0.408 e. The van der Waals surface area contributed by atoms with Crippen molar-refractivity contribution in [2.24, 2.45) is 11.3 Å². The summed E-state index contributed by atoms with van der Waals surface area (Å²) in [6.07, 6.45) is 0.731. The number of nitriles is 1. The smallest absolute Gasteiger partial charge is 0.408 e. The number of benzene rings is 1. The van der Waals surface area contributed by atoms with Crippen LogP contribution in [0.4, 0.5) is 4.79 Å². The van der Waals surface area contributed by atoms with Crippen LogP contribution in [0.15, 0.2) is 30.3 Å². The first kappa shape index (κ1) is 30.9. The van der Waals surface area contributed by atoms with Crippen molar-refractivity contribution in [1.29, 1.82) is 5.26 Å². The van der Waals surface area contributed by atoms with Crippen LogP contribution in [-0.2, 0) is 30.5 Å². The summed E-state index contributed by atoms with van der Waals surface area (Å²) in [5.74, 6) is -1.39. The van der Waals surface area contributed by atoms with E-state index < -0.39 is 41.4 Å². The number of hydrogen-bond donors (Lipinski definition) is 3. The normalized spacial score (nSPS) is 22.1. The van der Waals surface area contributed by atoms with Crippen LogP contribution in [-0.4, -0.2) is 72.6 Å². The summed E-state index contributed by atoms with van der Waals surface area (Å²) >= 11 is 0. The first-order valence-corrected chi connectivity index (χ1v) is 13.9. The number of nitrogens with one attached hydrogen (secondary N) is 3. The molecule has 0 spiro atoms. The van der Waals surface area contributed by atoms with Crippen molar-refractivity contribution in [1.82, 2.24) is 20.9 Å². The Morgan fingerprint density at radius 3 is 2.52 bits per heavy atom. The van der Waals surface area contributed by atoms with Gasteiger partial charge in [0.2, 0.25) is 17.7 Å². The monoisotopic (exact) mass is 555 g/mol. The second kappa shape index (κ2) is 14.1. The van der Waals surface area contributed by atoms with Gasteiger partial charge in [0.25, 0.3) is 0 Å². The molecule has 0 aliphatic carbocycles. The van der Waals surface area contributed by atoms with Gasteiger partial charge in [-0.3, -0.25) is 14.4 Å². The van der Waals surface area contributed by atoms with E-state index >= 15 is 0 Å². The molecular weight excluding hydrogens is 514 g/mol. The van der Waals surface area contributed by atoms with Crippen LogP contribution < -0.4 is 16.0 Å². The third kappa shape index (κ3) is 8.42. The highest BCUT2D eigenvalue weighted by Crippen LogP contribution is 2.28. The van der Waals surface area contributed by atoms with Gasteiger partial charge in [0.15, 0.2) is 0 Å². The largest absolute Gasteiger partial charge is 0.445 e. The van der Waals surface area contributed by atoms with Gasteiger partial charge in [0, 0.05) is 32.0 Å². The van der Waals surface area contributed by atoms with Gasteiger partial charge in [-0.25, -0.2) is 4.79 Å². The topological polar surface area (TPSA) is 150 Å². The second-order valence-electron chi connectivity index (χ2n) is 11.4. The fourth-order valence-corrected chi connectivity index (χ4v) is 4.96. The van der Waals surface area contributed by atoms with Crippen molar-refractivity contribution in [3.8, 4) is 6.07 Å². The van der Waals surface area contributed by atoms with Crippen LogP contribution >= 0.6 is 0 Å². The molecule has 0 saturated carbocycles. The van der Waals surface area contributed by atoms with E-state index in [0.717, 1.165) is 12.0 Å². The summed E-state index contributed by atoms with van der Waals surface area (Å²) in [5, 5.41) is 17.8. The van der Waals surface area contributed by atoms with E-state index in [1.54, 1.807) is 0 Å². The Bertz CT molecular complexity index is 1080. The van der Waals surface area contributed by atoms with Crippen molar-refractivity contribution in [3.63, 3.8) is 0 Å². The lowest BCUT2D eigenvalue weighted by Gasteiger charge is -2.35. The van der Waals surface area contributed by atoms with Crippen LogP contribution in [0.3, 0.4) is 0 Å². The number of amides is 4. The van der Waals surface area contributed by atoms with Crippen molar-refractivity contribution in [2.45, 2.75) is 84.2 Å². The number of ether oxygens (including phenoxy) is 2. The highest BCUT2D eigenvalue weighted by molar-refractivity contribution is 5.92. The summed E-state index contributed by atoms with van der Waals surface area (Å²) in [6.45, 7) is 8.68. The van der Waals surface area contributed by atoms with Gasteiger partial charge in [0.1, 0.15) is 24.7 Å².